The number of benzene rings is 2. The number of hydrogen-bond acceptors (Lipinski definition) is 2. The fraction of sp³-hybridized carbons (Fsp3) is 0.118. The van der Waals surface area contributed by atoms with E-state index in [2.05, 4.69) is 10.3 Å². The molecule has 0 radical (unpaired) electrons. The van der Waals surface area contributed by atoms with Gasteiger partial charge in [0.05, 0.1) is 5.52 Å². The summed E-state index contributed by atoms with van der Waals surface area (Å²) in [5.41, 5.74) is 3.01. The Hall–Kier alpha value is -2.13. The van der Waals surface area contributed by atoms with Gasteiger partial charge in [-0.3, -0.25) is 4.98 Å². The Bertz CT molecular complexity index is 756. The molecule has 0 unspecified atom stereocenters. The maximum absolute atomic E-state index is 12.9. The maximum atomic E-state index is 12.9. The van der Waals surface area contributed by atoms with E-state index in [1.165, 1.54) is 12.1 Å². The van der Waals surface area contributed by atoms with Gasteiger partial charge < -0.3 is 5.32 Å². The van der Waals surface area contributed by atoms with Gasteiger partial charge in [0.25, 0.3) is 0 Å². The Kier molecular flexibility index (Phi) is 4.02. The normalized spacial score (nSPS) is 10.8. The number of fused-ring (bicyclic) bond motifs is 1. The van der Waals surface area contributed by atoms with Gasteiger partial charge in [-0.05, 0) is 48.4 Å². The first-order valence-corrected chi connectivity index (χ1v) is 7.13. The first-order chi connectivity index (χ1) is 10.2. The van der Waals surface area contributed by atoms with Gasteiger partial charge in [-0.1, -0.05) is 23.7 Å². The zero-order valence-corrected chi connectivity index (χ0v) is 12.1. The number of halogens is 2. The average molecular weight is 301 g/mol. The minimum atomic E-state index is -0.207. The average Bonchev–Trinajstić information content (AvgIpc) is 2.50. The second-order valence-corrected chi connectivity index (χ2v) is 5.26. The van der Waals surface area contributed by atoms with E-state index in [1.807, 2.05) is 24.3 Å². The van der Waals surface area contributed by atoms with Crippen LogP contribution in [-0.2, 0) is 6.42 Å². The highest BCUT2D eigenvalue weighted by molar-refractivity contribution is 6.31. The molecule has 0 aliphatic rings. The van der Waals surface area contributed by atoms with Gasteiger partial charge in [0.2, 0.25) is 0 Å². The largest absolute Gasteiger partial charge is 0.384 e. The molecule has 4 heteroatoms. The highest BCUT2D eigenvalue weighted by Gasteiger charge is 2.02. The van der Waals surface area contributed by atoms with Gasteiger partial charge in [0.1, 0.15) is 5.82 Å². The lowest BCUT2D eigenvalue weighted by Crippen LogP contribution is -2.05. The van der Waals surface area contributed by atoms with Crippen LogP contribution in [-0.4, -0.2) is 11.5 Å². The topological polar surface area (TPSA) is 24.9 Å². The Labute approximate surface area is 127 Å². The van der Waals surface area contributed by atoms with Gasteiger partial charge in [0, 0.05) is 28.8 Å². The van der Waals surface area contributed by atoms with Crippen LogP contribution in [0.4, 0.5) is 10.1 Å². The van der Waals surface area contributed by atoms with Crippen molar-refractivity contribution in [1.82, 2.24) is 4.98 Å². The molecular weight excluding hydrogens is 287 g/mol. The molecule has 3 rings (SSSR count). The summed E-state index contributed by atoms with van der Waals surface area (Å²) in [5, 5.41) is 5.08. The van der Waals surface area contributed by atoms with Crippen LogP contribution in [0, 0.1) is 5.82 Å². The number of rotatable bonds is 4. The zero-order valence-electron chi connectivity index (χ0n) is 11.3. The van der Waals surface area contributed by atoms with E-state index in [1.54, 1.807) is 18.3 Å². The Morgan fingerprint density at radius 3 is 2.67 bits per heavy atom. The quantitative estimate of drug-likeness (QED) is 0.756. The Morgan fingerprint density at radius 1 is 1.05 bits per heavy atom. The van der Waals surface area contributed by atoms with Gasteiger partial charge in [0.15, 0.2) is 0 Å². The van der Waals surface area contributed by atoms with Gasteiger partial charge in [-0.25, -0.2) is 4.39 Å². The lowest BCUT2D eigenvalue weighted by atomic mass is 10.1. The Balaban J connectivity index is 1.73. The number of pyridine rings is 1. The number of nitrogens with one attached hydrogen (secondary N) is 1. The molecule has 0 amide bonds. The van der Waals surface area contributed by atoms with E-state index in [9.17, 15) is 4.39 Å². The fourth-order valence-corrected chi connectivity index (χ4v) is 2.44. The summed E-state index contributed by atoms with van der Waals surface area (Å²) >= 11 is 6.04. The van der Waals surface area contributed by atoms with Crippen LogP contribution < -0.4 is 5.32 Å². The van der Waals surface area contributed by atoms with Crippen molar-refractivity contribution in [3.05, 3.63) is 71.1 Å². The molecule has 0 aliphatic heterocycles. The molecule has 0 spiro atoms. The molecule has 21 heavy (non-hydrogen) atoms. The number of hydrogen-bond donors (Lipinski definition) is 1. The summed E-state index contributed by atoms with van der Waals surface area (Å²) in [6.45, 7) is 0.761. The number of aromatic nitrogens is 1. The molecule has 2 nitrogen and oxygen atoms in total. The zero-order chi connectivity index (χ0) is 14.7. The van der Waals surface area contributed by atoms with E-state index in [4.69, 9.17) is 11.6 Å². The van der Waals surface area contributed by atoms with Crippen molar-refractivity contribution in [3.8, 4) is 0 Å². The first kappa shape index (κ1) is 13.8. The summed E-state index contributed by atoms with van der Waals surface area (Å²) in [5.74, 6) is -0.207. The van der Waals surface area contributed by atoms with Crippen molar-refractivity contribution in [2.75, 3.05) is 11.9 Å². The monoisotopic (exact) mass is 300 g/mol. The second kappa shape index (κ2) is 6.10. The summed E-state index contributed by atoms with van der Waals surface area (Å²) in [6.07, 6.45) is 2.60. The van der Waals surface area contributed by atoms with Gasteiger partial charge >= 0.3 is 0 Å². The smallest absolute Gasteiger partial charge is 0.123 e. The molecular formula is C17H14ClFN2. The molecule has 106 valence electrons. The van der Waals surface area contributed by atoms with Crippen LogP contribution in [0.1, 0.15) is 5.56 Å². The van der Waals surface area contributed by atoms with Crippen molar-refractivity contribution in [2.45, 2.75) is 6.42 Å². The van der Waals surface area contributed by atoms with E-state index in [-0.39, 0.29) is 5.82 Å². The Morgan fingerprint density at radius 2 is 1.86 bits per heavy atom. The molecule has 1 heterocycles. The van der Waals surface area contributed by atoms with Crippen molar-refractivity contribution in [3.63, 3.8) is 0 Å². The van der Waals surface area contributed by atoms with E-state index >= 15 is 0 Å². The lowest BCUT2D eigenvalue weighted by Gasteiger charge is -2.09. The highest BCUT2D eigenvalue weighted by Crippen LogP contribution is 2.24. The molecule has 0 fully saturated rings. The minimum absolute atomic E-state index is 0.207. The molecule has 0 aliphatic carbocycles. The first-order valence-electron chi connectivity index (χ1n) is 6.75. The van der Waals surface area contributed by atoms with E-state index in [0.717, 1.165) is 35.1 Å². The van der Waals surface area contributed by atoms with E-state index < -0.39 is 0 Å². The fourth-order valence-electron chi connectivity index (χ4n) is 2.27. The molecule has 3 aromatic rings. The molecule has 2 aromatic carbocycles. The minimum Gasteiger partial charge on any atom is -0.384 e. The van der Waals surface area contributed by atoms with Gasteiger partial charge in [-0.2, -0.15) is 0 Å². The van der Waals surface area contributed by atoms with Crippen molar-refractivity contribution >= 4 is 28.2 Å². The van der Waals surface area contributed by atoms with Crippen molar-refractivity contribution in [1.29, 1.82) is 0 Å². The summed E-state index contributed by atoms with van der Waals surface area (Å²) in [7, 11) is 0. The summed E-state index contributed by atoms with van der Waals surface area (Å²) in [6, 6.07) is 14.2. The van der Waals surface area contributed by atoms with Gasteiger partial charge in [-0.15, -0.1) is 0 Å². The third kappa shape index (κ3) is 3.31. The van der Waals surface area contributed by atoms with Crippen molar-refractivity contribution in [2.24, 2.45) is 0 Å². The maximum Gasteiger partial charge on any atom is 0.123 e. The molecule has 0 atom stereocenters. The predicted octanol–water partition coefficient (Wildman–Crippen LogP) is 4.68. The molecule has 0 saturated carbocycles. The third-order valence-corrected chi connectivity index (χ3v) is 3.58. The number of nitrogens with zero attached hydrogens (tertiary/aromatic N) is 1. The van der Waals surface area contributed by atoms with Crippen LogP contribution in [0.3, 0.4) is 0 Å². The molecule has 0 saturated heterocycles. The van der Waals surface area contributed by atoms with Crippen LogP contribution in [0.5, 0.6) is 0 Å². The second-order valence-electron chi connectivity index (χ2n) is 4.82. The highest BCUT2D eigenvalue weighted by atomic mass is 35.5. The summed E-state index contributed by atoms with van der Waals surface area (Å²) in [4.78, 5) is 4.32. The molecule has 0 bridgehead atoms. The molecule has 1 aromatic heterocycles. The summed E-state index contributed by atoms with van der Waals surface area (Å²) < 4.78 is 12.9. The SMILES string of the molecule is Fc1ccc(CCNc2ccnc3ccc(Cl)cc23)cc1. The third-order valence-electron chi connectivity index (χ3n) is 3.35. The standard InChI is InChI=1S/C17H14ClFN2/c18-13-3-6-16-15(11-13)17(8-10-21-16)20-9-7-12-1-4-14(19)5-2-12/h1-6,8,10-11H,7,9H2,(H,20,21). The molecule has 1 N–H and O–H groups in total. The van der Waals surface area contributed by atoms with Crippen LogP contribution in [0.2, 0.25) is 5.02 Å². The number of anilines is 1. The predicted molar refractivity (Wildman–Crippen MR) is 85.3 cm³/mol. The van der Waals surface area contributed by atoms with E-state index in [0.29, 0.717) is 5.02 Å². The van der Waals surface area contributed by atoms with Crippen LogP contribution in [0.25, 0.3) is 10.9 Å². The van der Waals surface area contributed by atoms with Crippen molar-refractivity contribution < 1.29 is 4.39 Å². The van der Waals surface area contributed by atoms with Crippen LogP contribution in [0.15, 0.2) is 54.7 Å². The van der Waals surface area contributed by atoms with Crippen LogP contribution >= 0.6 is 11.6 Å². The lowest BCUT2D eigenvalue weighted by molar-refractivity contribution is 0.627.